The molecule has 1 saturated carbocycles. The van der Waals surface area contributed by atoms with E-state index in [4.69, 9.17) is 9.47 Å². The molecule has 1 N–H and O–H groups in total. The van der Waals surface area contributed by atoms with Gasteiger partial charge < -0.3 is 14.6 Å². The number of carbonyl (C=O) groups excluding carboxylic acids is 1. The Balaban J connectivity index is 2.36. The van der Waals surface area contributed by atoms with Crippen molar-refractivity contribution in [3.05, 3.63) is 28.2 Å². The highest BCUT2D eigenvalue weighted by atomic mass is 79.9. The van der Waals surface area contributed by atoms with Crippen LogP contribution in [0.5, 0.6) is 5.75 Å². The van der Waals surface area contributed by atoms with Crippen molar-refractivity contribution in [2.75, 3.05) is 13.7 Å². The minimum absolute atomic E-state index is 0.167. The van der Waals surface area contributed by atoms with Crippen LogP contribution in [0.1, 0.15) is 24.8 Å². The molecule has 0 radical (unpaired) electrons. The molecule has 0 spiro atoms. The normalized spacial score (nSPS) is 24.1. The first-order chi connectivity index (χ1) is 9.47. The van der Waals surface area contributed by atoms with Gasteiger partial charge in [0, 0.05) is 10.4 Å². The van der Waals surface area contributed by atoms with Gasteiger partial charge in [0.25, 0.3) is 0 Å². The van der Waals surface area contributed by atoms with Crippen molar-refractivity contribution in [1.29, 1.82) is 0 Å². The van der Waals surface area contributed by atoms with E-state index >= 15 is 0 Å². The van der Waals surface area contributed by atoms with E-state index in [0.29, 0.717) is 5.75 Å². The smallest absolute Gasteiger partial charge is 0.324 e. The minimum atomic E-state index is -1.47. The number of methoxy groups -OCH3 is 1. The molecule has 0 amide bonds. The van der Waals surface area contributed by atoms with E-state index in [-0.39, 0.29) is 13.0 Å². The average molecular weight is 343 g/mol. The zero-order valence-electron chi connectivity index (χ0n) is 11.2. The van der Waals surface area contributed by atoms with Crippen molar-refractivity contribution in [2.24, 2.45) is 5.41 Å². The third-order valence-electron chi connectivity index (χ3n) is 3.56. The Kier molecular flexibility index (Phi) is 4.04. The fourth-order valence-electron chi connectivity index (χ4n) is 2.36. The van der Waals surface area contributed by atoms with E-state index in [1.807, 2.05) is 0 Å². The highest BCUT2D eigenvalue weighted by Gasteiger charge is 2.68. The number of carboxylic acids is 1. The molecule has 108 valence electrons. The molecule has 0 bridgehead atoms. The van der Waals surface area contributed by atoms with Gasteiger partial charge in [0.1, 0.15) is 5.75 Å². The van der Waals surface area contributed by atoms with Crippen molar-refractivity contribution in [2.45, 2.75) is 19.3 Å². The number of ether oxygens (including phenoxy) is 2. The van der Waals surface area contributed by atoms with Gasteiger partial charge in [-0.05, 0) is 37.1 Å². The Morgan fingerprint density at radius 2 is 2.20 bits per heavy atom. The zero-order chi connectivity index (χ0) is 14.9. The van der Waals surface area contributed by atoms with E-state index in [0.717, 1.165) is 10.0 Å². The molecule has 0 aromatic heterocycles. The molecular weight excluding hydrogens is 328 g/mol. The van der Waals surface area contributed by atoms with Crippen LogP contribution in [-0.4, -0.2) is 30.8 Å². The molecular formula is C14H15BrO5. The predicted molar refractivity (Wildman–Crippen MR) is 74.8 cm³/mol. The lowest BCUT2D eigenvalue weighted by atomic mass is 9.99. The van der Waals surface area contributed by atoms with Crippen LogP contribution in [0.4, 0.5) is 0 Å². The lowest BCUT2D eigenvalue weighted by molar-refractivity contribution is -0.161. The molecule has 1 aliphatic rings. The van der Waals surface area contributed by atoms with E-state index in [9.17, 15) is 14.7 Å². The Morgan fingerprint density at radius 1 is 1.50 bits per heavy atom. The second-order valence-electron chi connectivity index (χ2n) is 4.64. The van der Waals surface area contributed by atoms with Crippen molar-refractivity contribution < 1.29 is 24.2 Å². The lowest BCUT2D eigenvalue weighted by Gasteiger charge is -2.13. The average Bonchev–Trinajstić information content (AvgIpc) is 3.16. The summed E-state index contributed by atoms with van der Waals surface area (Å²) in [6, 6.07) is 5.30. The van der Waals surface area contributed by atoms with Crippen LogP contribution in [0.2, 0.25) is 0 Å². The maximum Gasteiger partial charge on any atom is 0.324 e. The monoisotopic (exact) mass is 342 g/mol. The molecule has 5 nitrogen and oxygen atoms in total. The topological polar surface area (TPSA) is 72.8 Å². The summed E-state index contributed by atoms with van der Waals surface area (Å²) in [6.07, 6.45) is 0.243. The summed E-state index contributed by atoms with van der Waals surface area (Å²) in [7, 11) is 1.54. The highest BCUT2D eigenvalue weighted by molar-refractivity contribution is 9.10. The van der Waals surface area contributed by atoms with Gasteiger partial charge in [-0.2, -0.15) is 0 Å². The Labute approximate surface area is 125 Å². The van der Waals surface area contributed by atoms with Crippen LogP contribution >= 0.6 is 15.9 Å². The number of hydrogen-bond donors (Lipinski definition) is 1. The van der Waals surface area contributed by atoms with Gasteiger partial charge in [0.05, 0.1) is 13.7 Å². The maximum atomic E-state index is 12.0. The molecule has 20 heavy (non-hydrogen) atoms. The van der Waals surface area contributed by atoms with Crippen LogP contribution in [-0.2, 0) is 14.3 Å². The van der Waals surface area contributed by atoms with Crippen molar-refractivity contribution in [3.8, 4) is 5.75 Å². The van der Waals surface area contributed by atoms with Gasteiger partial charge >= 0.3 is 11.9 Å². The number of aliphatic carboxylic acids is 1. The molecule has 1 aliphatic carbocycles. The predicted octanol–water partition coefficient (Wildman–Crippen LogP) is 2.58. The Morgan fingerprint density at radius 3 is 2.75 bits per heavy atom. The number of benzene rings is 1. The van der Waals surface area contributed by atoms with Gasteiger partial charge in [-0.3, -0.25) is 9.59 Å². The molecule has 1 fully saturated rings. The third kappa shape index (κ3) is 2.28. The quantitative estimate of drug-likeness (QED) is 0.657. The molecule has 0 aliphatic heterocycles. The van der Waals surface area contributed by atoms with E-state index < -0.39 is 23.3 Å². The SMILES string of the molecule is CCOC(=O)C1(C(=O)O)CC1c1cc(OC)ccc1Br. The van der Waals surface area contributed by atoms with E-state index in [1.165, 1.54) is 7.11 Å². The first-order valence-corrected chi connectivity index (χ1v) is 7.00. The molecule has 0 heterocycles. The number of carbonyl (C=O) groups is 2. The van der Waals surface area contributed by atoms with Crippen molar-refractivity contribution >= 4 is 27.9 Å². The van der Waals surface area contributed by atoms with Gasteiger partial charge in [-0.25, -0.2) is 0 Å². The van der Waals surface area contributed by atoms with Crippen LogP contribution in [0.3, 0.4) is 0 Å². The summed E-state index contributed by atoms with van der Waals surface area (Å²) in [5.41, 5.74) is -0.718. The third-order valence-corrected chi connectivity index (χ3v) is 4.28. The second kappa shape index (κ2) is 5.44. The van der Waals surface area contributed by atoms with E-state index in [2.05, 4.69) is 15.9 Å². The standard InChI is InChI=1S/C14H15BrO5/c1-3-20-13(18)14(12(16)17)7-10(14)9-6-8(19-2)4-5-11(9)15/h4-6,10H,3,7H2,1-2H3,(H,16,17). The van der Waals surface area contributed by atoms with Crippen LogP contribution < -0.4 is 4.74 Å². The molecule has 0 saturated heterocycles. The van der Waals surface area contributed by atoms with Crippen LogP contribution in [0.25, 0.3) is 0 Å². The van der Waals surface area contributed by atoms with Crippen LogP contribution in [0.15, 0.2) is 22.7 Å². The summed E-state index contributed by atoms with van der Waals surface area (Å²) in [5.74, 6) is -1.59. The minimum Gasteiger partial charge on any atom is -0.497 e. The fraction of sp³-hybridized carbons (Fsp3) is 0.429. The van der Waals surface area contributed by atoms with E-state index in [1.54, 1.807) is 25.1 Å². The maximum absolute atomic E-state index is 12.0. The summed E-state index contributed by atoms with van der Waals surface area (Å²) in [5, 5.41) is 9.40. The molecule has 6 heteroatoms. The Hall–Kier alpha value is -1.56. The summed E-state index contributed by atoms with van der Waals surface area (Å²) in [4.78, 5) is 23.5. The highest BCUT2D eigenvalue weighted by Crippen LogP contribution is 2.61. The number of halogens is 1. The first kappa shape index (κ1) is 14.8. The fourth-order valence-corrected chi connectivity index (χ4v) is 2.89. The number of esters is 1. The number of rotatable bonds is 5. The zero-order valence-corrected chi connectivity index (χ0v) is 12.8. The largest absolute Gasteiger partial charge is 0.497 e. The molecule has 1 aromatic carbocycles. The number of hydrogen-bond acceptors (Lipinski definition) is 4. The lowest BCUT2D eigenvalue weighted by Crippen LogP contribution is -2.29. The van der Waals surface area contributed by atoms with Gasteiger partial charge in [-0.15, -0.1) is 0 Å². The first-order valence-electron chi connectivity index (χ1n) is 6.21. The molecule has 2 rings (SSSR count). The summed E-state index contributed by atoms with van der Waals surface area (Å²) < 4.78 is 10.8. The molecule has 1 aromatic rings. The van der Waals surface area contributed by atoms with Crippen LogP contribution in [0, 0.1) is 5.41 Å². The second-order valence-corrected chi connectivity index (χ2v) is 5.50. The number of carboxylic acid groups (broad SMARTS) is 1. The van der Waals surface area contributed by atoms with Gasteiger partial charge in [0.2, 0.25) is 0 Å². The Bertz CT molecular complexity index is 556. The summed E-state index contributed by atoms with van der Waals surface area (Å²) in [6.45, 7) is 1.83. The summed E-state index contributed by atoms with van der Waals surface area (Å²) >= 11 is 3.39. The van der Waals surface area contributed by atoms with Gasteiger partial charge in [-0.1, -0.05) is 15.9 Å². The molecule has 2 unspecified atom stereocenters. The molecule has 2 atom stereocenters. The van der Waals surface area contributed by atoms with Crippen molar-refractivity contribution in [3.63, 3.8) is 0 Å². The van der Waals surface area contributed by atoms with Gasteiger partial charge in [0.15, 0.2) is 5.41 Å². The van der Waals surface area contributed by atoms with Crippen molar-refractivity contribution in [1.82, 2.24) is 0 Å².